The highest BCUT2D eigenvalue weighted by molar-refractivity contribution is 7.92. The van der Waals surface area contributed by atoms with E-state index in [1.807, 2.05) is 58.3 Å². The number of anilines is 2. The van der Waals surface area contributed by atoms with E-state index in [4.69, 9.17) is 0 Å². The molecule has 0 unspecified atom stereocenters. The van der Waals surface area contributed by atoms with Gasteiger partial charge in [0.2, 0.25) is 5.91 Å². The van der Waals surface area contributed by atoms with E-state index < -0.39 is 10.0 Å². The minimum absolute atomic E-state index is 0.0225. The summed E-state index contributed by atoms with van der Waals surface area (Å²) in [4.78, 5) is 25.1. The number of likely N-dealkylation sites (N-methyl/N-ethyl adjacent to an activating group) is 1. The zero-order valence-electron chi connectivity index (χ0n) is 19.3. The van der Waals surface area contributed by atoms with Crippen LogP contribution in [0.15, 0.2) is 71.9 Å². The van der Waals surface area contributed by atoms with Crippen LogP contribution >= 0.6 is 0 Å². The van der Waals surface area contributed by atoms with Crippen molar-refractivity contribution in [3.8, 4) is 0 Å². The van der Waals surface area contributed by atoms with Gasteiger partial charge in [0.05, 0.1) is 17.9 Å². The predicted octanol–water partition coefficient (Wildman–Crippen LogP) is 3.10. The Balaban J connectivity index is 1.94. The Bertz CT molecular complexity index is 1160. The summed E-state index contributed by atoms with van der Waals surface area (Å²) in [6.45, 7) is 4.17. The van der Waals surface area contributed by atoms with Crippen molar-refractivity contribution in [3.05, 3.63) is 78.2 Å². The van der Waals surface area contributed by atoms with Gasteiger partial charge in [0.15, 0.2) is 0 Å². The van der Waals surface area contributed by atoms with E-state index in [2.05, 4.69) is 9.97 Å². The molecule has 0 N–H and O–H groups in total. The topological polar surface area (TPSA) is 86.7 Å². The number of aryl methyl sites for hydroxylation is 1. The van der Waals surface area contributed by atoms with Crippen molar-refractivity contribution in [1.82, 2.24) is 14.9 Å². The molecule has 0 aliphatic rings. The largest absolute Gasteiger partial charge is 0.363 e. The molecule has 0 saturated carbocycles. The van der Waals surface area contributed by atoms with Gasteiger partial charge in [-0.1, -0.05) is 23.8 Å². The van der Waals surface area contributed by atoms with Crippen molar-refractivity contribution in [3.63, 3.8) is 0 Å². The first-order valence-electron chi connectivity index (χ1n) is 10.6. The Hall–Kier alpha value is -3.46. The molecular weight excluding hydrogens is 438 g/mol. The van der Waals surface area contributed by atoms with Crippen molar-refractivity contribution >= 4 is 27.4 Å². The Labute approximate surface area is 195 Å². The molecule has 0 radical (unpaired) electrons. The molecule has 33 heavy (non-hydrogen) atoms. The first-order valence-corrected chi connectivity index (χ1v) is 12.1. The summed E-state index contributed by atoms with van der Waals surface area (Å²) < 4.78 is 28.3. The number of sulfonamides is 1. The van der Waals surface area contributed by atoms with E-state index in [1.54, 1.807) is 34.2 Å². The zero-order chi connectivity index (χ0) is 24.0. The van der Waals surface area contributed by atoms with Crippen molar-refractivity contribution in [2.24, 2.45) is 0 Å². The van der Waals surface area contributed by atoms with Crippen molar-refractivity contribution < 1.29 is 13.2 Å². The Morgan fingerprint density at radius 1 is 0.970 bits per heavy atom. The van der Waals surface area contributed by atoms with Crippen LogP contribution in [0.4, 0.5) is 11.5 Å². The number of pyridine rings is 2. The Morgan fingerprint density at radius 2 is 1.70 bits per heavy atom. The molecule has 0 aliphatic carbocycles. The lowest BCUT2D eigenvalue weighted by atomic mass is 10.2. The first-order chi connectivity index (χ1) is 15.7. The Morgan fingerprint density at radius 3 is 2.24 bits per heavy atom. The maximum atomic E-state index is 13.6. The van der Waals surface area contributed by atoms with Crippen LogP contribution in [0.25, 0.3) is 0 Å². The summed E-state index contributed by atoms with van der Waals surface area (Å²) in [6, 6.07) is 15.7. The summed E-state index contributed by atoms with van der Waals surface area (Å²) in [5.41, 5.74) is 2.14. The van der Waals surface area contributed by atoms with Crippen molar-refractivity contribution in [2.45, 2.75) is 25.3 Å². The second kappa shape index (κ2) is 10.4. The van der Waals surface area contributed by atoms with Gasteiger partial charge in [-0.15, -0.1) is 0 Å². The summed E-state index contributed by atoms with van der Waals surface area (Å²) in [7, 11) is -0.374. The lowest BCUT2D eigenvalue weighted by molar-refractivity contribution is -0.130. The molecule has 2 heterocycles. The summed E-state index contributed by atoms with van der Waals surface area (Å²) >= 11 is 0. The lowest BCUT2D eigenvalue weighted by Crippen LogP contribution is -2.43. The van der Waals surface area contributed by atoms with E-state index in [1.165, 1.54) is 12.3 Å². The number of rotatable bonds is 9. The van der Waals surface area contributed by atoms with E-state index in [0.29, 0.717) is 24.6 Å². The van der Waals surface area contributed by atoms with Gasteiger partial charge in [-0.3, -0.25) is 14.1 Å². The number of nitrogens with zero attached hydrogens (tertiary/aromatic N) is 5. The summed E-state index contributed by atoms with van der Waals surface area (Å²) in [5.74, 6) is 0.324. The molecule has 0 spiro atoms. The molecule has 2 aromatic heterocycles. The van der Waals surface area contributed by atoms with Crippen LogP contribution in [0.2, 0.25) is 0 Å². The normalized spacial score (nSPS) is 11.2. The van der Waals surface area contributed by atoms with Gasteiger partial charge in [0.1, 0.15) is 17.3 Å². The number of hydrogen-bond acceptors (Lipinski definition) is 6. The minimum Gasteiger partial charge on any atom is -0.363 e. The molecule has 1 aromatic carbocycles. The van der Waals surface area contributed by atoms with Gasteiger partial charge >= 0.3 is 0 Å². The molecule has 174 valence electrons. The maximum absolute atomic E-state index is 13.6. The smallest absolute Gasteiger partial charge is 0.266 e. The van der Waals surface area contributed by atoms with Gasteiger partial charge in [-0.05, 0) is 50.2 Å². The highest BCUT2D eigenvalue weighted by Crippen LogP contribution is 2.25. The van der Waals surface area contributed by atoms with Crippen LogP contribution in [0.3, 0.4) is 0 Å². The molecule has 3 rings (SSSR count). The van der Waals surface area contributed by atoms with Crippen LogP contribution in [0.1, 0.15) is 18.2 Å². The van der Waals surface area contributed by atoms with Gasteiger partial charge in [-0.2, -0.15) is 0 Å². The average molecular weight is 468 g/mol. The fourth-order valence-electron chi connectivity index (χ4n) is 3.23. The van der Waals surface area contributed by atoms with Crippen molar-refractivity contribution in [1.29, 1.82) is 0 Å². The molecule has 1 amide bonds. The molecule has 9 heteroatoms. The monoisotopic (exact) mass is 467 g/mol. The average Bonchev–Trinajstić information content (AvgIpc) is 2.82. The van der Waals surface area contributed by atoms with Gasteiger partial charge in [0, 0.05) is 33.0 Å². The number of carbonyl (C=O) groups is 1. The van der Waals surface area contributed by atoms with E-state index in [-0.39, 0.29) is 17.3 Å². The van der Waals surface area contributed by atoms with Crippen LogP contribution < -0.4 is 9.21 Å². The molecule has 0 aliphatic heterocycles. The summed E-state index contributed by atoms with van der Waals surface area (Å²) in [5, 5.41) is 0. The molecule has 0 fully saturated rings. The number of aromatic nitrogens is 2. The standard InChI is InChI=1S/C24H29N5O3S/c1-5-28(17-20-8-6-7-15-25-20)24(30)18-29(21-11-9-19(2)10-12-21)33(31,32)22-13-14-23(26-16-22)27(3)4/h6-16H,5,17-18H2,1-4H3. The highest BCUT2D eigenvalue weighted by Gasteiger charge is 2.29. The molecule has 0 bridgehead atoms. The fraction of sp³-hybridized carbons (Fsp3) is 0.292. The predicted molar refractivity (Wildman–Crippen MR) is 130 cm³/mol. The number of benzene rings is 1. The second-order valence-electron chi connectivity index (χ2n) is 7.82. The van der Waals surface area contributed by atoms with Crippen LogP contribution in [-0.4, -0.2) is 56.4 Å². The van der Waals surface area contributed by atoms with E-state index >= 15 is 0 Å². The highest BCUT2D eigenvalue weighted by atomic mass is 32.2. The zero-order valence-corrected chi connectivity index (χ0v) is 20.2. The molecule has 3 aromatic rings. The third-order valence-electron chi connectivity index (χ3n) is 5.18. The molecule has 8 nitrogen and oxygen atoms in total. The summed E-state index contributed by atoms with van der Waals surface area (Å²) in [6.07, 6.45) is 2.99. The van der Waals surface area contributed by atoms with Crippen molar-refractivity contribution in [2.75, 3.05) is 36.4 Å². The SMILES string of the molecule is CCN(Cc1ccccn1)C(=O)CN(c1ccc(C)cc1)S(=O)(=O)c1ccc(N(C)C)nc1. The van der Waals surface area contributed by atoms with Gasteiger partial charge < -0.3 is 9.80 Å². The minimum atomic E-state index is -4.03. The van der Waals surface area contributed by atoms with E-state index in [9.17, 15) is 13.2 Å². The van der Waals surface area contributed by atoms with Crippen LogP contribution in [0.5, 0.6) is 0 Å². The van der Waals surface area contributed by atoms with Gasteiger partial charge in [-0.25, -0.2) is 13.4 Å². The second-order valence-corrected chi connectivity index (χ2v) is 9.69. The van der Waals surface area contributed by atoms with Crippen LogP contribution in [-0.2, 0) is 21.4 Å². The van der Waals surface area contributed by atoms with E-state index in [0.717, 1.165) is 15.6 Å². The fourth-order valence-corrected chi connectivity index (χ4v) is 4.59. The molecular formula is C24H29N5O3S. The third-order valence-corrected chi connectivity index (χ3v) is 6.94. The number of amides is 1. The molecule has 0 saturated heterocycles. The van der Waals surface area contributed by atoms with Gasteiger partial charge in [0.25, 0.3) is 10.0 Å². The first kappa shape index (κ1) is 24.2. The number of carbonyl (C=O) groups excluding carboxylic acids is 1. The third kappa shape index (κ3) is 5.87. The molecule has 0 atom stereocenters. The quantitative estimate of drug-likeness (QED) is 0.481. The van der Waals surface area contributed by atoms with Crippen LogP contribution in [0, 0.1) is 6.92 Å². The number of hydrogen-bond donors (Lipinski definition) is 0. The lowest BCUT2D eigenvalue weighted by Gasteiger charge is -2.28. The Kier molecular flexibility index (Phi) is 7.65. The maximum Gasteiger partial charge on any atom is 0.266 e.